The third kappa shape index (κ3) is 3.63. The van der Waals surface area contributed by atoms with E-state index in [-0.39, 0.29) is 0 Å². The highest BCUT2D eigenvalue weighted by Crippen LogP contribution is 2.22. The quantitative estimate of drug-likeness (QED) is 0.797. The summed E-state index contributed by atoms with van der Waals surface area (Å²) >= 11 is 15.4. The molecule has 2 aromatic carbocycles. The number of anilines is 1. The molecule has 1 N–H and O–H groups in total. The maximum absolute atomic E-state index is 6.11. The Labute approximate surface area is 119 Å². The summed E-state index contributed by atoms with van der Waals surface area (Å²) in [5, 5.41) is 4.75. The zero-order valence-corrected chi connectivity index (χ0v) is 12.0. The molecule has 0 saturated carbocycles. The van der Waals surface area contributed by atoms with Gasteiger partial charge in [0, 0.05) is 26.8 Å². The Morgan fingerprint density at radius 1 is 1.06 bits per heavy atom. The Morgan fingerprint density at radius 3 is 2.65 bits per heavy atom. The summed E-state index contributed by atoms with van der Waals surface area (Å²) < 4.78 is 1.02. The molecule has 2 aromatic rings. The van der Waals surface area contributed by atoms with E-state index in [1.54, 1.807) is 0 Å². The zero-order valence-electron chi connectivity index (χ0n) is 8.88. The van der Waals surface area contributed by atoms with E-state index in [0.717, 1.165) is 25.8 Å². The van der Waals surface area contributed by atoms with E-state index in [9.17, 15) is 0 Å². The van der Waals surface area contributed by atoms with Crippen molar-refractivity contribution >= 4 is 44.8 Å². The Kier molecular flexibility index (Phi) is 4.32. The molecule has 0 aromatic heterocycles. The molecule has 0 aliphatic heterocycles. The Hall–Kier alpha value is -0.700. The molecule has 0 heterocycles. The van der Waals surface area contributed by atoms with Gasteiger partial charge in [-0.15, -0.1) is 0 Å². The van der Waals surface area contributed by atoms with Crippen molar-refractivity contribution in [1.29, 1.82) is 0 Å². The summed E-state index contributed by atoms with van der Waals surface area (Å²) in [6.07, 6.45) is 0. The van der Waals surface area contributed by atoms with Gasteiger partial charge in [-0.25, -0.2) is 0 Å². The van der Waals surface area contributed by atoms with Crippen LogP contribution in [-0.4, -0.2) is 0 Å². The largest absolute Gasteiger partial charge is 0.381 e. The summed E-state index contributed by atoms with van der Waals surface area (Å²) in [7, 11) is 0. The maximum atomic E-state index is 6.11. The number of hydrogen-bond acceptors (Lipinski definition) is 1. The van der Waals surface area contributed by atoms with Crippen molar-refractivity contribution in [2.75, 3.05) is 5.32 Å². The van der Waals surface area contributed by atoms with Crippen molar-refractivity contribution in [2.45, 2.75) is 6.54 Å². The van der Waals surface area contributed by atoms with E-state index in [0.29, 0.717) is 6.54 Å². The molecule has 0 spiro atoms. The molecule has 0 radical (unpaired) electrons. The molecule has 0 aliphatic carbocycles. The lowest BCUT2D eigenvalue weighted by Gasteiger charge is -2.08. The van der Waals surface area contributed by atoms with Gasteiger partial charge >= 0.3 is 0 Å². The third-order valence-electron chi connectivity index (χ3n) is 2.32. The van der Waals surface area contributed by atoms with E-state index in [2.05, 4.69) is 21.2 Å². The predicted octanol–water partition coefficient (Wildman–Crippen LogP) is 5.37. The lowest BCUT2D eigenvalue weighted by molar-refractivity contribution is 1.15. The normalized spacial score (nSPS) is 10.3. The van der Waals surface area contributed by atoms with Gasteiger partial charge in [0.2, 0.25) is 0 Å². The highest BCUT2D eigenvalue weighted by Gasteiger charge is 2.01. The fourth-order valence-corrected chi connectivity index (χ4v) is 2.26. The van der Waals surface area contributed by atoms with Gasteiger partial charge in [0.1, 0.15) is 0 Å². The lowest BCUT2D eigenvalue weighted by atomic mass is 10.2. The first-order valence-electron chi connectivity index (χ1n) is 5.08. The lowest BCUT2D eigenvalue weighted by Crippen LogP contribution is -1.99. The van der Waals surface area contributed by atoms with Crippen molar-refractivity contribution in [3.8, 4) is 0 Å². The van der Waals surface area contributed by atoms with Gasteiger partial charge in [0.15, 0.2) is 0 Å². The molecule has 17 heavy (non-hydrogen) atoms. The van der Waals surface area contributed by atoms with Gasteiger partial charge in [-0.2, -0.15) is 0 Å². The van der Waals surface area contributed by atoms with E-state index < -0.39 is 0 Å². The van der Waals surface area contributed by atoms with Gasteiger partial charge < -0.3 is 5.32 Å². The monoisotopic (exact) mass is 329 g/mol. The summed E-state index contributed by atoms with van der Waals surface area (Å²) in [6.45, 7) is 0.665. The molecule has 0 fully saturated rings. The van der Waals surface area contributed by atoms with Crippen molar-refractivity contribution < 1.29 is 0 Å². The van der Waals surface area contributed by atoms with E-state index >= 15 is 0 Å². The molecule has 0 bridgehead atoms. The van der Waals surface area contributed by atoms with Crippen LogP contribution in [0.5, 0.6) is 0 Å². The molecule has 2 rings (SSSR count). The van der Waals surface area contributed by atoms with Crippen LogP contribution in [0.25, 0.3) is 0 Å². The average Bonchev–Trinajstić information content (AvgIpc) is 2.30. The minimum absolute atomic E-state index is 0.665. The highest BCUT2D eigenvalue weighted by molar-refractivity contribution is 9.10. The van der Waals surface area contributed by atoms with Gasteiger partial charge in [0.25, 0.3) is 0 Å². The van der Waals surface area contributed by atoms with Gasteiger partial charge in [0.05, 0.1) is 0 Å². The van der Waals surface area contributed by atoms with Crippen molar-refractivity contribution in [3.05, 3.63) is 62.5 Å². The zero-order chi connectivity index (χ0) is 12.3. The molecule has 4 heteroatoms. The maximum Gasteiger partial charge on any atom is 0.0456 e. The van der Waals surface area contributed by atoms with Crippen LogP contribution in [0.4, 0.5) is 5.69 Å². The number of rotatable bonds is 3. The second-order valence-corrected chi connectivity index (χ2v) is 5.36. The van der Waals surface area contributed by atoms with Crippen LogP contribution in [0, 0.1) is 0 Å². The van der Waals surface area contributed by atoms with Crippen LogP contribution in [0.3, 0.4) is 0 Å². The Morgan fingerprint density at radius 2 is 1.88 bits per heavy atom. The first-order valence-corrected chi connectivity index (χ1v) is 6.63. The smallest absolute Gasteiger partial charge is 0.0456 e. The van der Waals surface area contributed by atoms with Crippen LogP contribution < -0.4 is 5.32 Å². The fraction of sp³-hybridized carbons (Fsp3) is 0.0769. The van der Waals surface area contributed by atoms with Crippen LogP contribution in [0.15, 0.2) is 46.9 Å². The van der Waals surface area contributed by atoms with Crippen molar-refractivity contribution in [3.63, 3.8) is 0 Å². The molecular weight excluding hydrogens is 321 g/mol. The van der Waals surface area contributed by atoms with Crippen molar-refractivity contribution in [1.82, 2.24) is 0 Å². The number of hydrogen-bond donors (Lipinski definition) is 1. The minimum atomic E-state index is 0.665. The van der Waals surface area contributed by atoms with Gasteiger partial charge in [-0.3, -0.25) is 0 Å². The highest BCUT2D eigenvalue weighted by atomic mass is 79.9. The Bertz CT molecular complexity index is 529. The third-order valence-corrected chi connectivity index (χ3v) is 3.41. The molecule has 0 aliphatic rings. The van der Waals surface area contributed by atoms with Crippen LogP contribution >= 0.6 is 39.1 Å². The average molecular weight is 331 g/mol. The fourth-order valence-electron chi connectivity index (χ4n) is 1.47. The van der Waals surface area contributed by atoms with E-state index in [1.165, 1.54) is 0 Å². The van der Waals surface area contributed by atoms with E-state index in [4.69, 9.17) is 23.2 Å². The molecule has 0 unspecified atom stereocenters. The number of benzene rings is 2. The summed E-state index contributed by atoms with van der Waals surface area (Å²) in [4.78, 5) is 0. The van der Waals surface area contributed by atoms with E-state index in [1.807, 2.05) is 42.5 Å². The van der Waals surface area contributed by atoms with Gasteiger partial charge in [-0.05, 0) is 42.0 Å². The molecule has 0 saturated heterocycles. The predicted molar refractivity (Wildman–Crippen MR) is 77.9 cm³/mol. The second-order valence-electron chi connectivity index (χ2n) is 3.60. The molecule has 0 amide bonds. The first-order chi connectivity index (χ1) is 8.15. The Balaban J connectivity index is 2.09. The number of nitrogens with one attached hydrogen (secondary N) is 1. The first kappa shape index (κ1) is 12.7. The van der Waals surface area contributed by atoms with Crippen molar-refractivity contribution in [2.24, 2.45) is 0 Å². The second kappa shape index (κ2) is 5.76. The van der Waals surface area contributed by atoms with Crippen LogP contribution in [-0.2, 0) is 6.54 Å². The minimum Gasteiger partial charge on any atom is -0.381 e. The topological polar surface area (TPSA) is 12.0 Å². The molecule has 88 valence electrons. The van der Waals surface area contributed by atoms with Gasteiger partial charge in [-0.1, -0.05) is 45.2 Å². The van der Waals surface area contributed by atoms with Crippen LogP contribution in [0.1, 0.15) is 5.56 Å². The summed E-state index contributed by atoms with van der Waals surface area (Å²) in [5.74, 6) is 0. The molecule has 1 nitrogen and oxygen atoms in total. The molecule has 0 atom stereocenters. The summed E-state index contributed by atoms with van der Waals surface area (Å²) in [6, 6.07) is 13.4. The number of halogens is 3. The van der Waals surface area contributed by atoms with Crippen LogP contribution in [0.2, 0.25) is 10.0 Å². The molecular formula is C13H10BrCl2N. The SMILES string of the molecule is Clc1cccc(NCc2cc(Br)ccc2Cl)c1. The standard InChI is InChI=1S/C13H10BrCl2N/c14-10-4-5-13(16)9(6-10)8-17-12-3-1-2-11(15)7-12/h1-7,17H,8H2. The summed E-state index contributed by atoms with van der Waals surface area (Å²) in [5.41, 5.74) is 2.02.